The maximum Gasteiger partial charge on any atom is 0.374 e. The van der Waals surface area contributed by atoms with Crippen LogP contribution in [0.15, 0.2) is 68.7 Å². The van der Waals surface area contributed by atoms with Crippen molar-refractivity contribution in [2.75, 3.05) is 25.0 Å². The number of carbonyl (C=O) groups excluding carboxylic acids is 2. The first-order chi connectivity index (χ1) is 15.3. The molecular formula is C22H20N2O7S. The Balaban J connectivity index is 1.36. The number of fused-ring (bicyclic) bond motifs is 1. The lowest BCUT2D eigenvalue weighted by molar-refractivity contribution is -0.119. The molecule has 2 heterocycles. The molecule has 0 spiro atoms. The number of anilines is 1. The summed E-state index contributed by atoms with van der Waals surface area (Å²) >= 11 is 0. The first-order valence-corrected chi connectivity index (χ1v) is 11.4. The monoisotopic (exact) mass is 456 g/mol. The van der Waals surface area contributed by atoms with E-state index >= 15 is 0 Å². The Morgan fingerprint density at radius 1 is 1.03 bits per heavy atom. The topological polar surface area (TPSA) is 123 Å². The number of amides is 1. The number of hydrogen-bond acceptors (Lipinski definition) is 7. The SMILES string of the molecule is O=C(COC(=O)c1cc(=O)c2ccccc2o1)Nc1ccc(S(=O)(=O)N2CCCC2)cc1. The molecule has 0 aliphatic carbocycles. The lowest BCUT2D eigenvalue weighted by Gasteiger charge is -2.15. The molecule has 3 aromatic rings. The standard InChI is InChI=1S/C22H20N2O7S/c25-18-13-20(31-19-6-2-1-5-17(18)19)22(27)30-14-21(26)23-15-7-9-16(10-8-15)32(28,29)24-11-3-4-12-24/h1-2,5-10,13H,3-4,11-12,14H2,(H,23,26). The number of para-hydroxylation sites is 1. The van der Waals surface area contributed by atoms with Crippen LogP contribution in [0.25, 0.3) is 11.0 Å². The number of rotatable bonds is 6. The highest BCUT2D eigenvalue weighted by atomic mass is 32.2. The van der Waals surface area contributed by atoms with E-state index in [0.29, 0.717) is 24.2 Å². The van der Waals surface area contributed by atoms with Crippen LogP contribution in [0.1, 0.15) is 23.4 Å². The van der Waals surface area contributed by atoms with E-state index in [0.717, 1.165) is 18.9 Å². The van der Waals surface area contributed by atoms with E-state index in [2.05, 4.69) is 5.32 Å². The number of hydrogen-bond donors (Lipinski definition) is 1. The minimum atomic E-state index is -3.54. The van der Waals surface area contributed by atoms with Gasteiger partial charge in [0.1, 0.15) is 5.58 Å². The average molecular weight is 456 g/mol. The zero-order valence-electron chi connectivity index (χ0n) is 16.9. The molecule has 1 fully saturated rings. The molecule has 2 aromatic carbocycles. The largest absolute Gasteiger partial charge is 0.450 e. The summed E-state index contributed by atoms with van der Waals surface area (Å²) in [5.41, 5.74) is 0.191. The Hall–Kier alpha value is -3.50. The summed E-state index contributed by atoms with van der Waals surface area (Å²) in [6.07, 6.45) is 1.68. The summed E-state index contributed by atoms with van der Waals surface area (Å²) in [7, 11) is -3.54. The van der Waals surface area contributed by atoms with Crippen molar-refractivity contribution in [1.29, 1.82) is 0 Å². The summed E-state index contributed by atoms with van der Waals surface area (Å²) in [5.74, 6) is -1.88. The van der Waals surface area contributed by atoms with Gasteiger partial charge in [-0.15, -0.1) is 0 Å². The van der Waals surface area contributed by atoms with E-state index in [9.17, 15) is 22.8 Å². The van der Waals surface area contributed by atoms with Gasteiger partial charge in [0.15, 0.2) is 12.0 Å². The lowest BCUT2D eigenvalue weighted by Crippen LogP contribution is -2.27. The number of sulfonamides is 1. The van der Waals surface area contributed by atoms with Crippen LogP contribution >= 0.6 is 0 Å². The Bertz CT molecular complexity index is 1320. The summed E-state index contributed by atoms with van der Waals surface area (Å²) in [4.78, 5) is 36.5. The van der Waals surface area contributed by atoms with Gasteiger partial charge < -0.3 is 14.5 Å². The smallest absolute Gasteiger partial charge is 0.374 e. The molecule has 9 nitrogen and oxygen atoms in total. The summed E-state index contributed by atoms with van der Waals surface area (Å²) in [5, 5.41) is 2.85. The third kappa shape index (κ3) is 4.56. The molecular weight excluding hydrogens is 436 g/mol. The van der Waals surface area contributed by atoms with Gasteiger partial charge in [-0.05, 0) is 49.2 Å². The highest BCUT2D eigenvalue weighted by Gasteiger charge is 2.27. The van der Waals surface area contributed by atoms with Crippen molar-refractivity contribution in [3.63, 3.8) is 0 Å². The summed E-state index contributed by atoms with van der Waals surface area (Å²) in [6.45, 7) is 0.399. The highest BCUT2D eigenvalue weighted by molar-refractivity contribution is 7.89. The van der Waals surface area contributed by atoms with Crippen molar-refractivity contribution < 1.29 is 27.2 Å². The van der Waals surface area contributed by atoms with Crippen LogP contribution in [0.3, 0.4) is 0 Å². The second-order valence-corrected chi connectivity index (χ2v) is 9.17. The van der Waals surface area contributed by atoms with Gasteiger partial charge in [0.05, 0.1) is 10.3 Å². The van der Waals surface area contributed by atoms with Crippen LogP contribution in [0.5, 0.6) is 0 Å². The number of nitrogens with zero attached hydrogens (tertiary/aromatic N) is 1. The van der Waals surface area contributed by atoms with Crippen LogP contribution < -0.4 is 10.7 Å². The van der Waals surface area contributed by atoms with Crippen molar-refractivity contribution >= 4 is 38.6 Å². The number of carbonyl (C=O) groups is 2. The molecule has 0 saturated carbocycles. The molecule has 1 aromatic heterocycles. The zero-order valence-corrected chi connectivity index (χ0v) is 17.8. The Morgan fingerprint density at radius 3 is 2.44 bits per heavy atom. The zero-order chi connectivity index (χ0) is 22.7. The number of nitrogens with one attached hydrogen (secondary N) is 1. The predicted octanol–water partition coefficient (Wildman–Crippen LogP) is 2.37. The molecule has 0 radical (unpaired) electrons. The second kappa shape index (κ2) is 8.93. The second-order valence-electron chi connectivity index (χ2n) is 7.23. The minimum Gasteiger partial charge on any atom is -0.450 e. The lowest BCUT2D eigenvalue weighted by atomic mass is 10.2. The van der Waals surface area contributed by atoms with Crippen molar-refractivity contribution in [3.05, 3.63) is 70.6 Å². The molecule has 4 rings (SSSR count). The molecule has 0 atom stereocenters. The molecule has 1 amide bonds. The van der Waals surface area contributed by atoms with Crippen LogP contribution in [-0.2, 0) is 19.6 Å². The van der Waals surface area contributed by atoms with E-state index in [1.54, 1.807) is 24.3 Å². The van der Waals surface area contributed by atoms with E-state index in [1.807, 2.05) is 0 Å². The Morgan fingerprint density at radius 2 is 1.72 bits per heavy atom. The maximum atomic E-state index is 12.5. The molecule has 1 N–H and O–H groups in total. The molecule has 1 aliphatic rings. The summed E-state index contributed by atoms with van der Waals surface area (Å²) in [6, 6.07) is 13.2. The quantitative estimate of drug-likeness (QED) is 0.565. The average Bonchev–Trinajstić information content (AvgIpc) is 3.34. The fourth-order valence-electron chi connectivity index (χ4n) is 3.39. The van der Waals surface area contributed by atoms with Gasteiger partial charge in [0.2, 0.25) is 15.8 Å². The molecule has 1 aliphatic heterocycles. The number of esters is 1. The molecule has 32 heavy (non-hydrogen) atoms. The Kier molecular flexibility index (Phi) is 6.06. The fraction of sp³-hybridized carbons (Fsp3) is 0.227. The first-order valence-electron chi connectivity index (χ1n) is 9.95. The van der Waals surface area contributed by atoms with E-state index in [4.69, 9.17) is 9.15 Å². The van der Waals surface area contributed by atoms with Crippen molar-refractivity contribution in [3.8, 4) is 0 Å². The van der Waals surface area contributed by atoms with Gasteiger partial charge >= 0.3 is 5.97 Å². The molecule has 1 saturated heterocycles. The van der Waals surface area contributed by atoms with E-state index < -0.39 is 33.9 Å². The third-order valence-electron chi connectivity index (χ3n) is 5.01. The molecule has 10 heteroatoms. The van der Waals surface area contributed by atoms with Crippen LogP contribution in [-0.4, -0.2) is 44.3 Å². The van der Waals surface area contributed by atoms with Crippen LogP contribution in [0, 0.1) is 0 Å². The van der Waals surface area contributed by atoms with Crippen molar-refractivity contribution in [1.82, 2.24) is 4.31 Å². The Labute approximate surface area is 183 Å². The van der Waals surface area contributed by atoms with Crippen LogP contribution in [0.4, 0.5) is 5.69 Å². The fourth-order valence-corrected chi connectivity index (χ4v) is 4.91. The predicted molar refractivity (Wildman–Crippen MR) is 116 cm³/mol. The van der Waals surface area contributed by atoms with Crippen LogP contribution in [0.2, 0.25) is 0 Å². The number of benzene rings is 2. The van der Waals surface area contributed by atoms with Gasteiger partial charge in [-0.25, -0.2) is 13.2 Å². The maximum absolute atomic E-state index is 12.5. The van der Waals surface area contributed by atoms with Crippen molar-refractivity contribution in [2.24, 2.45) is 0 Å². The van der Waals surface area contributed by atoms with E-state index in [-0.39, 0.29) is 16.2 Å². The van der Waals surface area contributed by atoms with Gasteiger partial charge in [-0.3, -0.25) is 9.59 Å². The van der Waals surface area contributed by atoms with Gasteiger partial charge in [0.25, 0.3) is 5.91 Å². The number of ether oxygens (including phenoxy) is 1. The molecule has 0 unspecified atom stereocenters. The normalized spacial score (nSPS) is 14.4. The molecule has 166 valence electrons. The summed E-state index contributed by atoms with van der Waals surface area (Å²) < 4.78 is 36.8. The van der Waals surface area contributed by atoms with Gasteiger partial charge in [-0.2, -0.15) is 4.31 Å². The van der Waals surface area contributed by atoms with Crippen molar-refractivity contribution in [2.45, 2.75) is 17.7 Å². The first kappa shape index (κ1) is 21.7. The molecule has 0 bridgehead atoms. The highest BCUT2D eigenvalue weighted by Crippen LogP contribution is 2.22. The third-order valence-corrected chi connectivity index (χ3v) is 6.92. The van der Waals surface area contributed by atoms with Gasteiger partial charge in [0, 0.05) is 24.8 Å². The minimum absolute atomic E-state index is 0.148. The van der Waals surface area contributed by atoms with Gasteiger partial charge in [-0.1, -0.05) is 12.1 Å². The van der Waals surface area contributed by atoms with E-state index in [1.165, 1.54) is 28.6 Å².